The lowest BCUT2D eigenvalue weighted by atomic mass is 9.86. The molecule has 2 aliphatic rings. The van der Waals surface area contributed by atoms with Crippen LogP contribution in [0.3, 0.4) is 0 Å². The van der Waals surface area contributed by atoms with E-state index in [0.717, 1.165) is 36.7 Å². The predicted octanol–water partition coefficient (Wildman–Crippen LogP) is 3.70. The van der Waals surface area contributed by atoms with Gasteiger partial charge >= 0.3 is 6.09 Å². The summed E-state index contributed by atoms with van der Waals surface area (Å²) >= 11 is 0. The Morgan fingerprint density at radius 1 is 1.17 bits per heavy atom. The summed E-state index contributed by atoms with van der Waals surface area (Å²) in [5, 5.41) is 20.7. The Hall–Kier alpha value is -2.65. The van der Waals surface area contributed by atoms with E-state index in [1.807, 2.05) is 33.7 Å². The van der Waals surface area contributed by atoms with Gasteiger partial charge in [-0.05, 0) is 56.1 Å². The molecular weight excluding hydrogens is 460 g/mol. The van der Waals surface area contributed by atoms with Gasteiger partial charge in [-0.25, -0.2) is 9.78 Å². The number of methoxy groups -OCH3 is 1. The van der Waals surface area contributed by atoms with E-state index in [0.29, 0.717) is 38.5 Å². The highest BCUT2D eigenvalue weighted by atomic mass is 16.5. The zero-order chi connectivity index (χ0) is 25.8. The fraction of sp³-hybridized carbons (Fsp3) is 0.667. The van der Waals surface area contributed by atoms with Crippen LogP contribution in [-0.4, -0.2) is 87.1 Å². The lowest BCUT2D eigenvalue weighted by molar-refractivity contribution is 0.000894. The number of aryl methyl sites for hydroxylation is 1. The van der Waals surface area contributed by atoms with E-state index < -0.39 is 12.2 Å². The van der Waals surface area contributed by atoms with Gasteiger partial charge in [0.1, 0.15) is 0 Å². The predicted molar refractivity (Wildman–Crippen MR) is 137 cm³/mol. The van der Waals surface area contributed by atoms with Crippen molar-refractivity contribution in [1.82, 2.24) is 19.4 Å². The second kappa shape index (κ2) is 11.6. The molecule has 2 heterocycles. The van der Waals surface area contributed by atoms with Gasteiger partial charge in [-0.3, -0.25) is 4.79 Å². The number of aliphatic hydroxyl groups excluding tert-OH is 1. The number of amides is 2. The van der Waals surface area contributed by atoms with Crippen LogP contribution >= 0.6 is 0 Å². The number of ether oxygens (including phenoxy) is 1. The standard InChI is InChI=1S/C27H40N4O5/c1-18(2)15-31(21-14-20(24(32)19-10-11-19)16-29(17-21)27(34)35)26(33)25-28-22-8-4-5-9-23(22)30(25)12-6-7-13-36-3/h4-5,8-9,18-21,24,32H,6-7,10-17H2,1-3H3,(H,34,35)/t20-,21+,24?/m1/s1. The van der Waals surface area contributed by atoms with Gasteiger partial charge in [0.25, 0.3) is 5.91 Å². The Balaban J connectivity index is 1.65. The van der Waals surface area contributed by atoms with Crippen molar-refractivity contribution in [3.05, 3.63) is 30.1 Å². The first-order valence-corrected chi connectivity index (χ1v) is 13.2. The fourth-order valence-electron chi connectivity index (χ4n) is 5.46. The third-order valence-electron chi connectivity index (χ3n) is 7.41. The first-order valence-electron chi connectivity index (χ1n) is 13.2. The molecular formula is C27H40N4O5. The molecule has 1 aliphatic heterocycles. The van der Waals surface area contributed by atoms with Crippen LogP contribution in [0.1, 0.15) is 56.6 Å². The van der Waals surface area contributed by atoms with Crippen LogP contribution < -0.4 is 0 Å². The topological polar surface area (TPSA) is 108 Å². The molecule has 198 valence electrons. The van der Waals surface area contributed by atoms with Crippen molar-refractivity contribution in [3.8, 4) is 0 Å². The van der Waals surface area contributed by atoms with Gasteiger partial charge in [0.15, 0.2) is 5.82 Å². The van der Waals surface area contributed by atoms with Crippen LogP contribution in [0.5, 0.6) is 0 Å². The molecule has 1 saturated carbocycles. The summed E-state index contributed by atoms with van der Waals surface area (Å²) in [4.78, 5) is 34.1. The monoisotopic (exact) mass is 500 g/mol. The number of nitrogens with zero attached hydrogens (tertiary/aromatic N) is 4. The summed E-state index contributed by atoms with van der Waals surface area (Å²) in [5.74, 6) is 0.475. The highest BCUT2D eigenvalue weighted by Gasteiger charge is 2.43. The summed E-state index contributed by atoms with van der Waals surface area (Å²) in [7, 11) is 1.68. The van der Waals surface area contributed by atoms with Gasteiger partial charge in [-0.2, -0.15) is 0 Å². The quantitative estimate of drug-likeness (QED) is 0.456. The maximum absolute atomic E-state index is 14.1. The lowest BCUT2D eigenvalue weighted by Crippen LogP contribution is -2.56. The number of fused-ring (bicyclic) bond motifs is 1. The zero-order valence-corrected chi connectivity index (χ0v) is 21.7. The van der Waals surface area contributed by atoms with Gasteiger partial charge in [0.2, 0.25) is 0 Å². The molecule has 2 fully saturated rings. The SMILES string of the molecule is COCCCCn1c(C(=O)N(CC(C)C)[C@H]2C[C@@H](C(O)C3CC3)CN(C(=O)O)C2)nc2ccccc21. The van der Waals surface area contributed by atoms with Gasteiger partial charge in [0, 0.05) is 45.8 Å². The molecule has 1 aliphatic carbocycles. The number of piperidine rings is 1. The summed E-state index contributed by atoms with van der Waals surface area (Å²) in [6, 6.07) is 7.45. The number of imidazole rings is 1. The zero-order valence-electron chi connectivity index (χ0n) is 21.7. The molecule has 2 aromatic rings. The normalized spacial score (nSPS) is 21.2. The van der Waals surface area contributed by atoms with E-state index in [9.17, 15) is 19.8 Å². The smallest absolute Gasteiger partial charge is 0.407 e. The van der Waals surface area contributed by atoms with E-state index in [-0.39, 0.29) is 36.2 Å². The number of carboxylic acid groups (broad SMARTS) is 1. The lowest BCUT2D eigenvalue weighted by Gasteiger charge is -2.43. The van der Waals surface area contributed by atoms with Crippen molar-refractivity contribution in [2.45, 2.75) is 64.6 Å². The number of carbonyl (C=O) groups is 2. The Morgan fingerprint density at radius 3 is 2.58 bits per heavy atom. The highest BCUT2D eigenvalue weighted by Crippen LogP contribution is 2.39. The molecule has 3 atom stereocenters. The first kappa shape index (κ1) is 26.4. The minimum Gasteiger partial charge on any atom is -0.465 e. The number of carbonyl (C=O) groups excluding carboxylic acids is 1. The first-order chi connectivity index (χ1) is 17.3. The van der Waals surface area contributed by atoms with Crippen molar-refractivity contribution in [2.75, 3.05) is 33.4 Å². The number of para-hydroxylation sites is 2. The van der Waals surface area contributed by atoms with Crippen LogP contribution in [0, 0.1) is 17.8 Å². The van der Waals surface area contributed by atoms with Crippen LogP contribution in [0.15, 0.2) is 24.3 Å². The minimum absolute atomic E-state index is 0.177. The molecule has 2 N–H and O–H groups in total. The third kappa shape index (κ3) is 6.00. The highest BCUT2D eigenvalue weighted by molar-refractivity contribution is 5.95. The summed E-state index contributed by atoms with van der Waals surface area (Å²) in [6.07, 6.45) is 2.75. The van der Waals surface area contributed by atoms with Crippen LogP contribution in [0.4, 0.5) is 4.79 Å². The molecule has 1 saturated heterocycles. The number of unbranched alkanes of at least 4 members (excludes halogenated alkanes) is 1. The minimum atomic E-state index is -1.00. The molecule has 1 aromatic carbocycles. The molecule has 9 nitrogen and oxygen atoms in total. The van der Waals surface area contributed by atoms with Crippen molar-refractivity contribution in [2.24, 2.45) is 17.8 Å². The number of hydrogen-bond donors (Lipinski definition) is 2. The average molecular weight is 501 g/mol. The van der Waals surface area contributed by atoms with E-state index in [2.05, 4.69) is 13.8 Å². The van der Waals surface area contributed by atoms with Gasteiger partial charge < -0.3 is 29.3 Å². The molecule has 0 spiro atoms. The third-order valence-corrected chi connectivity index (χ3v) is 7.41. The number of rotatable bonds is 11. The van der Waals surface area contributed by atoms with Crippen LogP contribution in [0.2, 0.25) is 0 Å². The number of aliphatic hydroxyl groups is 1. The number of hydrogen-bond acceptors (Lipinski definition) is 5. The van der Waals surface area contributed by atoms with Crippen LogP contribution in [-0.2, 0) is 11.3 Å². The average Bonchev–Trinajstić information content (AvgIpc) is 3.65. The molecule has 0 bridgehead atoms. The van der Waals surface area contributed by atoms with E-state index >= 15 is 0 Å². The number of aromatic nitrogens is 2. The largest absolute Gasteiger partial charge is 0.465 e. The van der Waals surface area contributed by atoms with Crippen LogP contribution in [0.25, 0.3) is 11.0 Å². The molecule has 0 radical (unpaired) electrons. The molecule has 1 aromatic heterocycles. The second-order valence-corrected chi connectivity index (χ2v) is 10.8. The fourth-order valence-corrected chi connectivity index (χ4v) is 5.46. The van der Waals surface area contributed by atoms with Crippen molar-refractivity contribution in [1.29, 1.82) is 0 Å². The van der Waals surface area contributed by atoms with Crippen molar-refractivity contribution in [3.63, 3.8) is 0 Å². The molecule has 36 heavy (non-hydrogen) atoms. The molecule has 4 rings (SSSR count). The Morgan fingerprint density at radius 2 is 1.92 bits per heavy atom. The summed E-state index contributed by atoms with van der Waals surface area (Å²) in [5.41, 5.74) is 1.69. The van der Waals surface area contributed by atoms with Crippen molar-refractivity contribution >= 4 is 23.0 Å². The summed E-state index contributed by atoms with van der Waals surface area (Å²) in [6.45, 7) is 6.48. The molecule has 9 heteroatoms. The van der Waals surface area contributed by atoms with E-state index in [1.54, 1.807) is 7.11 Å². The molecule has 1 unspecified atom stereocenters. The maximum atomic E-state index is 14.1. The number of benzene rings is 1. The van der Waals surface area contributed by atoms with Crippen molar-refractivity contribution < 1.29 is 24.5 Å². The van der Waals surface area contributed by atoms with E-state index in [4.69, 9.17) is 9.72 Å². The van der Waals surface area contributed by atoms with Gasteiger partial charge in [0.05, 0.1) is 23.2 Å². The summed E-state index contributed by atoms with van der Waals surface area (Å²) < 4.78 is 7.19. The Kier molecular flexibility index (Phi) is 8.51. The van der Waals surface area contributed by atoms with Gasteiger partial charge in [-0.1, -0.05) is 26.0 Å². The second-order valence-electron chi connectivity index (χ2n) is 10.8. The Bertz CT molecular complexity index is 1050. The maximum Gasteiger partial charge on any atom is 0.407 e. The molecule has 2 amide bonds. The van der Waals surface area contributed by atoms with Gasteiger partial charge in [-0.15, -0.1) is 0 Å². The van der Waals surface area contributed by atoms with E-state index in [1.165, 1.54) is 4.90 Å². The Labute approximate surface area is 213 Å². The number of likely N-dealkylation sites (tertiary alicyclic amines) is 1.